The summed E-state index contributed by atoms with van der Waals surface area (Å²) in [6.07, 6.45) is 0. The molecular formula is C10H11BrO3. The summed E-state index contributed by atoms with van der Waals surface area (Å²) in [5.41, 5.74) is 0.932. The molecule has 0 aliphatic carbocycles. The van der Waals surface area contributed by atoms with E-state index in [1.807, 2.05) is 31.2 Å². The van der Waals surface area contributed by atoms with Crippen LogP contribution in [-0.2, 0) is 11.3 Å². The lowest BCUT2D eigenvalue weighted by molar-refractivity contribution is 0.170. The smallest absolute Gasteiger partial charge is 0.374 e. The maximum Gasteiger partial charge on any atom is 0.374 e. The van der Waals surface area contributed by atoms with E-state index in [0.717, 1.165) is 11.3 Å². The first-order chi connectivity index (χ1) is 6.72. The van der Waals surface area contributed by atoms with Gasteiger partial charge in [-0.3, -0.25) is 0 Å². The predicted octanol–water partition coefficient (Wildman–Crippen LogP) is 3.12. The topological polar surface area (TPSA) is 35.5 Å². The molecule has 0 spiro atoms. The monoisotopic (exact) mass is 258 g/mol. The minimum Gasteiger partial charge on any atom is -0.494 e. The highest BCUT2D eigenvalue weighted by atomic mass is 79.9. The van der Waals surface area contributed by atoms with Crippen molar-refractivity contribution in [1.29, 1.82) is 0 Å². The number of carbonyl (C=O) groups excluding carboxylic acids is 1. The minimum atomic E-state index is -0.452. The van der Waals surface area contributed by atoms with Crippen LogP contribution in [0.25, 0.3) is 0 Å². The average molecular weight is 259 g/mol. The Hall–Kier alpha value is -1.03. The van der Waals surface area contributed by atoms with Crippen LogP contribution in [0.5, 0.6) is 5.75 Å². The fourth-order valence-corrected chi connectivity index (χ4v) is 1.10. The third-order valence-electron chi connectivity index (χ3n) is 1.59. The summed E-state index contributed by atoms with van der Waals surface area (Å²) in [6.45, 7) is 2.85. The van der Waals surface area contributed by atoms with Gasteiger partial charge in [0.25, 0.3) is 0 Å². The van der Waals surface area contributed by atoms with Gasteiger partial charge >= 0.3 is 4.88 Å². The van der Waals surface area contributed by atoms with Gasteiger partial charge in [-0.25, -0.2) is 4.79 Å². The van der Waals surface area contributed by atoms with Crippen LogP contribution in [0.4, 0.5) is 4.79 Å². The number of ether oxygens (including phenoxy) is 2. The summed E-state index contributed by atoms with van der Waals surface area (Å²) in [4.78, 5) is 10.0. The maximum absolute atomic E-state index is 10.5. The minimum absolute atomic E-state index is 0.274. The Balaban J connectivity index is 2.50. The van der Waals surface area contributed by atoms with Gasteiger partial charge in [0, 0.05) is 15.9 Å². The molecule has 0 amide bonds. The summed E-state index contributed by atoms with van der Waals surface area (Å²) in [5.74, 6) is 0.821. The first-order valence-corrected chi connectivity index (χ1v) is 5.05. The molecule has 0 unspecified atom stereocenters. The van der Waals surface area contributed by atoms with Crippen LogP contribution in [-0.4, -0.2) is 11.5 Å². The number of rotatable bonds is 4. The summed E-state index contributed by atoms with van der Waals surface area (Å²) in [6, 6.07) is 7.42. The van der Waals surface area contributed by atoms with Crippen molar-refractivity contribution in [1.82, 2.24) is 0 Å². The van der Waals surface area contributed by atoms with E-state index in [4.69, 9.17) is 9.47 Å². The highest BCUT2D eigenvalue weighted by Crippen LogP contribution is 2.13. The van der Waals surface area contributed by atoms with Crippen molar-refractivity contribution >= 4 is 20.8 Å². The SMILES string of the molecule is CCOc1ccc(COC(=O)Br)cc1. The Kier molecular flexibility index (Phi) is 4.46. The second-order valence-electron chi connectivity index (χ2n) is 2.60. The van der Waals surface area contributed by atoms with Crippen molar-refractivity contribution in [3.05, 3.63) is 29.8 Å². The van der Waals surface area contributed by atoms with Crippen LogP contribution in [0, 0.1) is 0 Å². The van der Waals surface area contributed by atoms with Gasteiger partial charge in [0.05, 0.1) is 6.61 Å². The first-order valence-electron chi connectivity index (χ1n) is 4.26. The van der Waals surface area contributed by atoms with Crippen molar-refractivity contribution < 1.29 is 14.3 Å². The van der Waals surface area contributed by atoms with E-state index in [1.54, 1.807) is 0 Å². The van der Waals surface area contributed by atoms with E-state index in [2.05, 4.69) is 15.9 Å². The van der Waals surface area contributed by atoms with Gasteiger partial charge in [-0.05, 0) is 24.6 Å². The second kappa shape index (κ2) is 5.65. The Bertz CT molecular complexity index is 295. The highest BCUT2D eigenvalue weighted by molar-refractivity contribution is 9.18. The molecule has 0 radical (unpaired) electrons. The molecule has 76 valence electrons. The largest absolute Gasteiger partial charge is 0.494 e. The molecular weight excluding hydrogens is 248 g/mol. The van der Waals surface area contributed by atoms with Crippen molar-refractivity contribution in [2.24, 2.45) is 0 Å². The summed E-state index contributed by atoms with van der Waals surface area (Å²) >= 11 is 2.69. The Morgan fingerprint density at radius 1 is 1.36 bits per heavy atom. The van der Waals surface area contributed by atoms with Gasteiger partial charge in [0.15, 0.2) is 0 Å². The molecule has 0 aromatic heterocycles. The fraction of sp³-hybridized carbons (Fsp3) is 0.300. The van der Waals surface area contributed by atoms with Crippen LogP contribution < -0.4 is 4.74 Å². The molecule has 0 saturated heterocycles. The number of hydrogen-bond donors (Lipinski definition) is 0. The quantitative estimate of drug-likeness (QED) is 0.779. The zero-order valence-electron chi connectivity index (χ0n) is 7.83. The van der Waals surface area contributed by atoms with Crippen LogP contribution in [0.3, 0.4) is 0 Å². The van der Waals surface area contributed by atoms with Gasteiger partial charge in [-0.2, -0.15) is 0 Å². The van der Waals surface area contributed by atoms with Gasteiger partial charge in [-0.1, -0.05) is 12.1 Å². The molecule has 0 fully saturated rings. The third-order valence-corrected chi connectivity index (χ3v) is 1.82. The van der Waals surface area contributed by atoms with E-state index < -0.39 is 4.88 Å². The molecule has 3 nitrogen and oxygen atoms in total. The molecule has 0 atom stereocenters. The molecule has 1 rings (SSSR count). The molecule has 0 bridgehead atoms. The highest BCUT2D eigenvalue weighted by Gasteiger charge is 1.98. The van der Waals surface area contributed by atoms with Gasteiger partial charge in [-0.15, -0.1) is 0 Å². The lowest BCUT2D eigenvalue weighted by atomic mass is 10.2. The summed E-state index contributed by atoms with van der Waals surface area (Å²) < 4.78 is 10.0. The van der Waals surface area contributed by atoms with Gasteiger partial charge < -0.3 is 9.47 Å². The van der Waals surface area contributed by atoms with Crippen LogP contribution >= 0.6 is 15.9 Å². The van der Waals surface area contributed by atoms with E-state index >= 15 is 0 Å². The van der Waals surface area contributed by atoms with E-state index in [0.29, 0.717) is 6.61 Å². The molecule has 0 N–H and O–H groups in total. The van der Waals surface area contributed by atoms with Gasteiger partial charge in [0.1, 0.15) is 12.4 Å². The molecule has 0 aliphatic heterocycles. The molecule has 14 heavy (non-hydrogen) atoms. The van der Waals surface area contributed by atoms with E-state index in [1.165, 1.54) is 0 Å². The Labute approximate surface area is 91.1 Å². The zero-order chi connectivity index (χ0) is 10.4. The van der Waals surface area contributed by atoms with Crippen LogP contribution in [0.15, 0.2) is 24.3 Å². The fourth-order valence-electron chi connectivity index (χ4n) is 0.989. The Morgan fingerprint density at radius 3 is 2.50 bits per heavy atom. The van der Waals surface area contributed by atoms with Crippen molar-refractivity contribution in [2.45, 2.75) is 13.5 Å². The normalized spacial score (nSPS) is 9.57. The van der Waals surface area contributed by atoms with Gasteiger partial charge in [0.2, 0.25) is 0 Å². The van der Waals surface area contributed by atoms with Crippen LogP contribution in [0.2, 0.25) is 0 Å². The molecule has 1 aromatic rings. The second-order valence-corrected chi connectivity index (χ2v) is 3.25. The number of halogens is 1. The van der Waals surface area contributed by atoms with Crippen LogP contribution in [0.1, 0.15) is 12.5 Å². The molecule has 0 heterocycles. The third kappa shape index (κ3) is 3.79. The number of carbonyl (C=O) groups is 1. The number of benzene rings is 1. The molecule has 4 heteroatoms. The number of hydrogen-bond acceptors (Lipinski definition) is 3. The zero-order valence-corrected chi connectivity index (χ0v) is 9.41. The van der Waals surface area contributed by atoms with E-state index in [9.17, 15) is 4.79 Å². The first kappa shape index (κ1) is 11.0. The standard InChI is InChI=1S/C10H11BrO3/c1-2-13-9-5-3-8(4-6-9)7-14-10(11)12/h3-6H,2,7H2,1H3. The average Bonchev–Trinajstić information content (AvgIpc) is 2.17. The molecule has 1 aromatic carbocycles. The lowest BCUT2D eigenvalue weighted by Crippen LogP contribution is -1.95. The van der Waals surface area contributed by atoms with E-state index in [-0.39, 0.29) is 6.61 Å². The molecule has 0 saturated carbocycles. The van der Waals surface area contributed by atoms with Crippen molar-refractivity contribution in [3.63, 3.8) is 0 Å². The Morgan fingerprint density at radius 2 is 2.00 bits per heavy atom. The summed E-state index contributed by atoms with van der Waals surface area (Å²) in [7, 11) is 0. The van der Waals surface area contributed by atoms with Crippen molar-refractivity contribution in [2.75, 3.05) is 6.61 Å². The summed E-state index contributed by atoms with van der Waals surface area (Å²) in [5, 5.41) is 0. The molecule has 0 aliphatic rings. The predicted molar refractivity (Wildman–Crippen MR) is 56.7 cm³/mol. The lowest BCUT2D eigenvalue weighted by Gasteiger charge is -2.04. The maximum atomic E-state index is 10.5. The van der Waals surface area contributed by atoms with Crippen molar-refractivity contribution in [3.8, 4) is 5.75 Å².